The average Bonchev–Trinajstić information content (AvgIpc) is 2.38. The average molecular weight is 254 g/mol. The molecule has 1 fully saturated rings. The molecule has 18 heavy (non-hydrogen) atoms. The molecule has 0 radical (unpaired) electrons. The molecule has 102 valence electrons. The summed E-state index contributed by atoms with van der Waals surface area (Å²) in [4.78, 5) is 25.2. The van der Waals surface area contributed by atoms with Gasteiger partial charge in [-0.05, 0) is 25.7 Å². The molecule has 0 aromatic carbocycles. The number of hydrogen-bond donors (Lipinski definition) is 1. The van der Waals surface area contributed by atoms with Gasteiger partial charge in [0, 0.05) is 12.6 Å². The standard InChI is InChI=1S/C13H22N2O3/c1-3-6-11(14)13(17)15-8-5-4-7-10(15)9-12(16)18-2/h3,10-11H,1,4-9,14H2,2H3. The summed E-state index contributed by atoms with van der Waals surface area (Å²) in [5.74, 6) is -0.375. The quantitative estimate of drug-likeness (QED) is 0.582. The zero-order valence-electron chi connectivity index (χ0n) is 10.9. The van der Waals surface area contributed by atoms with E-state index in [9.17, 15) is 9.59 Å². The minimum Gasteiger partial charge on any atom is -0.469 e. The van der Waals surface area contributed by atoms with E-state index in [0.717, 1.165) is 19.3 Å². The largest absolute Gasteiger partial charge is 0.469 e. The fraction of sp³-hybridized carbons (Fsp3) is 0.692. The van der Waals surface area contributed by atoms with Gasteiger partial charge in [-0.3, -0.25) is 9.59 Å². The van der Waals surface area contributed by atoms with Crippen molar-refractivity contribution >= 4 is 11.9 Å². The minimum atomic E-state index is -0.555. The van der Waals surface area contributed by atoms with E-state index in [1.807, 2.05) is 0 Å². The molecule has 1 heterocycles. The van der Waals surface area contributed by atoms with Crippen LogP contribution in [0.15, 0.2) is 12.7 Å². The minimum absolute atomic E-state index is 0.0745. The maximum Gasteiger partial charge on any atom is 0.307 e. The van der Waals surface area contributed by atoms with Crippen molar-refractivity contribution in [2.75, 3.05) is 13.7 Å². The first kappa shape index (κ1) is 14.7. The van der Waals surface area contributed by atoms with E-state index in [-0.39, 0.29) is 24.3 Å². The van der Waals surface area contributed by atoms with E-state index >= 15 is 0 Å². The first-order valence-corrected chi connectivity index (χ1v) is 6.34. The smallest absolute Gasteiger partial charge is 0.307 e. The van der Waals surface area contributed by atoms with Crippen LogP contribution in [0, 0.1) is 0 Å². The number of likely N-dealkylation sites (tertiary alicyclic amines) is 1. The Morgan fingerprint density at radius 1 is 1.56 bits per heavy atom. The van der Waals surface area contributed by atoms with Crippen LogP contribution < -0.4 is 5.73 Å². The Balaban J connectivity index is 2.66. The van der Waals surface area contributed by atoms with Crippen molar-refractivity contribution in [3.05, 3.63) is 12.7 Å². The number of esters is 1. The van der Waals surface area contributed by atoms with Crippen LogP contribution >= 0.6 is 0 Å². The molecule has 0 saturated carbocycles. The number of methoxy groups -OCH3 is 1. The van der Waals surface area contributed by atoms with E-state index in [4.69, 9.17) is 5.73 Å². The summed E-state index contributed by atoms with van der Waals surface area (Å²) in [5, 5.41) is 0. The molecule has 0 aliphatic carbocycles. The molecule has 2 N–H and O–H groups in total. The van der Waals surface area contributed by atoms with Crippen LogP contribution in [0.1, 0.15) is 32.1 Å². The Bertz CT molecular complexity index is 317. The molecule has 0 spiro atoms. The van der Waals surface area contributed by atoms with Crippen LogP contribution in [-0.2, 0) is 14.3 Å². The lowest BCUT2D eigenvalue weighted by Gasteiger charge is -2.36. The Morgan fingerprint density at radius 3 is 2.89 bits per heavy atom. The molecule has 1 saturated heterocycles. The van der Waals surface area contributed by atoms with Crippen LogP contribution in [0.3, 0.4) is 0 Å². The summed E-state index contributed by atoms with van der Waals surface area (Å²) in [6, 6.07) is -0.629. The van der Waals surface area contributed by atoms with Gasteiger partial charge in [0.2, 0.25) is 5.91 Å². The first-order chi connectivity index (χ1) is 8.60. The Hall–Kier alpha value is -1.36. The number of amides is 1. The summed E-state index contributed by atoms with van der Waals surface area (Å²) < 4.78 is 4.66. The number of hydrogen-bond acceptors (Lipinski definition) is 4. The molecule has 2 atom stereocenters. The van der Waals surface area contributed by atoms with E-state index in [1.165, 1.54) is 7.11 Å². The molecule has 2 unspecified atom stereocenters. The van der Waals surface area contributed by atoms with Crippen LogP contribution in [0.25, 0.3) is 0 Å². The van der Waals surface area contributed by atoms with Gasteiger partial charge in [0.1, 0.15) is 0 Å². The maximum atomic E-state index is 12.2. The van der Waals surface area contributed by atoms with E-state index in [2.05, 4.69) is 11.3 Å². The summed E-state index contributed by atoms with van der Waals surface area (Å²) >= 11 is 0. The summed E-state index contributed by atoms with van der Waals surface area (Å²) in [7, 11) is 1.36. The SMILES string of the molecule is C=CCC(N)C(=O)N1CCCCC1CC(=O)OC. The molecule has 1 aliphatic heterocycles. The highest BCUT2D eigenvalue weighted by Gasteiger charge is 2.30. The number of nitrogens with zero attached hydrogens (tertiary/aromatic N) is 1. The Labute approximate surface area is 108 Å². The lowest BCUT2D eigenvalue weighted by atomic mass is 9.98. The zero-order valence-corrected chi connectivity index (χ0v) is 10.9. The van der Waals surface area contributed by atoms with Gasteiger partial charge < -0.3 is 15.4 Å². The lowest BCUT2D eigenvalue weighted by Crippen LogP contribution is -2.51. The molecule has 0 aromatic heterocycles. The molecule has 1 rings (SSSR count). The number of ether oxygens (including phenoxy) is 1. The third-order valence-electron chi connectivity index (χ3n) is 3.28. The van der Waals surface area contributed by atoms with Crippen molar-refractivity contribution in [3.63, 3.8) is 0 Å². The molecule has 1 amide bonds. The zero-order chi connectivity index (χ0) is 13.5. The Kier molecular flexibility index (Phi) is 5.85. The predicted octanol–water partition coefficient (Wildman–Crippen LogP) is 0.834. The van der Waals surface area contributed by atoms with Gasteiger partial charge in [-0.15, -0.1) is 6.58 Å². The topological polar surface area (TPSA) is 72.6 Å². The van der Waals surface area contributed by atoms with Crippen molar-refractivity contribution < 1.29 is 14.3 Å². The van der Waals surface area contributed by atoms with Gasteiger partial charge in [0.15, 0.2) is 0 Å². The maximum absolute atomic E-state index is 12.2. The van der Waals surface area contributed by atoms with Gasteiger partial charge in [-0.1, -0.05) is 6.08 Å². The predicted molar refractivity (Wildman–Crippen MR) is 68.8 cm³/mol. The van der Waals surface area contributed by atoms with Crippen LogP contribution in [0.5, 0.6) is 0 Å². The molecular formula is C13H22N2O3. The van der Waals surface area contributed by atoms with Crippen molar-refractivity contribution in [2.45, 2.75) is 44.2 Å². The van der Waals surface area contributed by atoms with Crippen LogP contribution in [0.4, 0.5) is 0 Å². The number of carbonyl (C=O) groups excluding carboxylic acids is 2. The molecule has 1 aliphatic rings. The lowest BCUT2D eigenvalue weighted by molar-refractivity contribution is -0.145. The fourth-order valence-corrected chi connectivity index (χ4v) is 2.27. The fourth-order valence-electron chi connectivity index (χ4n) is 2.27. The first-order valence-electron chi connectivity index (χ1n) is 6.34. The number of carbonyl (C=O) groups is 2. The van der Waals surface area contributed by atoms with Gasteiger partial charge in [-0.2, -0.15) is 0 Å². The van der Waals surface area contributed by atoms with E-state index < -0.39 is 6.04 Å². The summed E-state index contributed by atoms with van der Waals surface area (Å²) in [6.07, 6.45) is 5.18. The third-order valence-corrected chi connectivity index (χ3v) is 3.28. The summed E-state index contributed by atoms with van der Waals surface area (Å²) in [5.41, 5.74) is 5.81. The van der Waals surface area contributed by atoms with Crippen molar-refractivity contribution in [2.24, 2.45) is 5.73 Å². The monoisotopic (exact) mass is 254 g/mol. The molecular weight excluding hydrogens is 232 g/mol. The number of nitrogens with two attached hydrogens (primary N) is 1. The highest BCUT2D eigenvalue weighted by molar-refractivity contribution is 5.83. The molecule has 0 bridgehead atoms. The van der Waals surface area contributed by atoms with Crippen molar-refractivity contribution in [1.82, 2.24) is 4.90 Å². The molecule has 5 nitrogen and oxygen atoms in total. The third kappa shape index (κ3) is 3.84. The van der Waals surface area contributed by atoms with Gasteiger partial charge in [-0.25, -0.2) is 0 Å². The van der Waals surface area contributed by atoms with Crippen molar-refractivity contribution in [1.29, 1.82) is 0 Å². The highest BCUT2D eigenvalue weighted by atomic mass is 16.5. The van der Waals surface area contributed by atoms with Gasteiger partial charge >= 0.3 is 5.97 Å². The van der Waals surface area contributed by atoms with E-state index in [0.29, 0.717) is 13.0 Å². The molecule has 0 aromatic rings. The van der Waals surface area contributed by atoms with Gasteiger partial charge in [0.05, 0.1) is 19.6 Å². The Morgan fingerprint density at radius 2 is 2.28 bits per heavy atom. The normalized spacial score (nSPS) is 21.2. The number of rotatable bonds is 5. The second kappa shape index (κ2) is 7.16. The summed E-state index contributed by atoms with van der Waals surface area (Å²) in [6.45, 7) is 4.26. The second-order valence-electron chi connectivity index (χ2n) is 4.59. The number of piperidine rings is 1. The molecule has 5 heteroatoms. The highest BCUT2D eigenvalue weighted by Crippen LogP contribution is 2.21. The van der Waals surface area contributed by atoms with Crippen LogP contribution in [-0.4, -0.2) is 42.5 Å². The van der Waals surface area contributed by atoms with Crippen molar-refractivity contribution in [3.8, 4) is 0 Å². The van der Waals surface area contributed by atoms with E-state index in [1.54, 1.807) is 11.0 Å². The van der Waals surface area contributed by atoms with Gasteiger partial charge in [0.25, 0.3) is 0 Å². The second-order valence-corrected chi connectivity index (χ2v) is 4.59. The van der Waals surface area contributed by atoms with Crippen LogP contribution in [0.2, 0.25) is 0 Å².